The fraction of sp³-hybridized carbons (Fsp3) is 0.0526. The fourth-order valence-corrected chi connectivity index (χ4v) is 2.50. The molecule has 0 bridgehead atoms. The number of halogens is 1. The van der Waals surface area contributed by atoms with Crippen molar-refractivity contribution in [3.63, 3.8) is 0 Å². The first-order chi connectivity index (χ1) is 12.5. The lowest BCUT2D eigenvalue weighted by molar-refractivity contribution is -0.136. The highest BCUT2D eigenvalue weighted by Gasteiger charge is 2.13. The number of hydrogen-bond donors (Lipinski definition) is 2. The molecule has 1 aromatic heterocycles. The number of amides is 2. The number of carbonyl (C=O) groups is 2. The lowest BCUT2D eigenvalue weighted by atomic mass is 10.2. The van der Waals surface area contributed by atoms with Crippen molar-refractivity contribution in [3.8, 4) is 0 Å². The summed E-state index contributed by atoms with van der Waals surface area (Å²) < 4.78 is 0. The van der Waals surface area contributed by atoms with Gasteiger partial charge in [0.25, 0.3) is 0 Å². The minimum absolute atomic E-state index is 0.256. The largest absolute Gasteiger partial charge is 0.329 e. The third kappa shape index (κ3) is 4.04. The molecule has 1 heterocycles. The normalized spacial score (nSPS) is 10.8. The molecule has 2 amide bonds. The summed E-state index contributed by atoms with van der Waals surface area (Å²) in [6.07, 6.45) is 1.35. The minimum atomic E-state index is -0.880. The Kier molecular flexibility index (Phi) is 5.24. The lowest BCUT2D eigenvalue weighted by Gasteiger charge is -2.06. The highest BCUT2D eigenvalue weighted by molar-refractivity contribution is 6.39. The minimum Gasteiger partial charge on any atom is -0.317 e. The maximum absolute atomic E-state index is 11.9. The molecule has 0 fully saturated rings. The quantitative estimate of drug-likeness (QED) is 0.323. The SMILES string of the molecule is Cc1ccccc1NC(=O)C(=O)N/N=C/c1cc2ccccc2nc1Cl. The van der Waals surface area contributed by atoms with Gasteiger partial charge in [-0.2, -0.15) is 5.10 Å². The molecule has 7 heteroatoms. The molecule has 0 saturated carbocycles. The van der Waals surface area contributed by atoms with E-state index in [1.54, 1.807) is 18.2 Å². The van der Waals surface area contributed by atoms with Gasteiger partial charge in [0, 0.05) is 16.6 Å². The number of benzene rings is 2. The second-order valence-corrected chi connectivity index (χ2v) is 5.89. The van der Waals surface area contributed by atoms with E-state index in [0.29, 0.717) is 11.3 Å². The van der Waals surface area contributed by atoms with E-state index >= 15 is 0 Å². The van der Waals surface area contributed by atoms with Crippen molar-refractivity contribution in [2.75, 3.05) is 5.32 Å². The standard InChI is InChI=1S/C19H15ClN4O2/c1-12-6-2-4-8-15(12)23-18(25)19(26)24-21-11-14-10-13-7-3-5-9-16(13)22-17(14)20/h2-11H,1H3,(H,23,25)(H,24,26)/b21-11+. The number of fused-ring (bicyclic) bond motifs is 1. The van der Waals surface area contributed by atoms with Gasteiger partial charge in [-0.3, -0.25) is 9.59 Å². The zero-order chi connectivity index (χ0) is 18.5. The third-order valence-corrected chi connectivity index (χ3v) is 3.98. The molecule has 3 rings (SSSR count). The van der Waals surface area contributed by atoms with Crippen LogP contribution < -0.4 is 10.7 Å². The van der Waals surface area contributed by atoms with Crippen LogP contribution >= 0.6 is 11.6 Å². The van der Waals surface area contributed by atoms with Crippen LogP contribution in [0.3, 0.4) is 0 Å². The number of hydrogen-bond acceptors (Lipinski definition) is 4. The molecule has 3 aromatic rings. The van der Waals surface area contributed by atoms with Gasteiger partial charge in [-0.25, -0.2) is 10.4 Å². The number of aryl methyl sites for hydroxylation is 1. The van der Waals surface area contributed by atoms with E-state index in [1.807, 2.05) is 43.3 Å². The molecule has 0 unspecified atom stereocenters. The second-order valence-electron chi connectivity index (χ2n) is 5.53. The predicted octanol–water partition coefficient (Wildman–Crippen LogP) is 3.29. The number of nitrogens with zero attached hydrogens (tertiary/aromatic N) is 2. The van der Waals surface area contributed by atoms with Gasteiger partial charge in [0.05, 0.1) is 11.7 Å². The highest BCUT2D eigenvalue weighted by atomic mass is 35.5. The summed E-state index contributed by atoms with van der Waals surface area (Å²) in [5.41, 5.74) is 4.89. The van der Waals surface area contributed by atoms with E-state index < -0.39 is 11.8 Å². The number of pyridine rings is 1. The summed E-state index contributed by atoms with van der Waals surface area (Å²) >= 11 is 6.11. The first-order valence-corrected chi connectivity index (χ1v) is 8.17. The summed E-state index contributed by atoms with van der Waals surface area (Å²) in [5.74, 6) is -1.69. The van der Waals surface area contributed by atoms with E-state index in [0.717, 1.165) is 16.5 Å². The highest BCUT2D eigenvalue weighted by Crippen LogP contribution is 2.18. The number of hydrazone groups is 1. The Morgan fingerprint density at radius 2 is 1.81 bits per heavy atom. The molecule has 0 aliphatic carbocycles. The number of nitrogens with one attached hydrogen (secondary N) is 2. The number of para-hydroxylation sites is 2. The Bertz CT molecular complexity index is 1020. The first-order valence-electron chi connectivity index (χ1n) is 7.80. The van der Waals surface area contributed by atoms with Crippen LogP contribution in [-0.4, -0.2) is 23.0 Å². The Morgan fingerprint density at radius 3 is 2.62 bits per heavy atom. The molecule has 6 nitrogen and oxygen atoms in total. The monoisotopic (exact) mass is 366 g/mol. The summed E-state index contributed by atoms with van der Waals surface area (Å²) in [7, 11) is 0. The Morgan fingerprint density at radius 1 is 1.08 bits per heavy atom. The molecule has 130 valence electrons. The zero-order valence-corrected chi connectivity index (χ0v) is 14.6. The van der Waals surface area contributed by atoms with Gasteiger partial charge < -0.3 is 5.32 Å². The molecule has 2 aromatic carbocycles. The van der Waals surface area contributed by atoms with Gasteiger partial charge in [0.1, 0.15) is 5.15 Å². The van der Waals surface area contributed by atoms with Crippen molar-refractivity contribution in [3.05, 3.63) is 70.9 Å². The average molecular weight is 367 g/mol. The Labute approximate surface area is 154 Å². The number of anilines is 1. The molecule has 26 heavy (non-hydrogen) atoms. The van der Waals surface area contributed by atoms with E-state index in [1.165, 1.54) is 6.21 Å². The van der Waals surface area contributed by atoms with E-state index in [4.69, 9.17) is 11.6 Å². The van der Waals surface area contributed by atoms with E-state index in [-0.39, 0.29) is 5.15 Å². The van der Waals surface area contributed by atoms with Crippen LogP contribution in [0, 0.1) is 6.92 Å². The molecule has 0 spiro atoms. The topological polar surface area (TPSA) is 83.5 Å². The molecule has 0 saturated heterocycles. The van der Waals surface area contributed by atoms with E-state index in [2.05, 4.69) is 20.8 Å². The van der Waals surface area contributed by atoms with Crippen LogP contribution in [0.2, 0.25) is 5.15 Å². The summed E-state index contributed by atoms with van der Waals surface area (Å²) in [4.78, 5) is 28.0. The average Bonchev–Trinajstić information content (AvgIpc) is 2.63. The zero-order valence-electron chi connectivity index (χ0n) is 13.9. The van der Waals surface area contributed by atoms with Crippen molar-refractivity contribution in [2.24, 2.45) is 5.10 Å². The number of aromatic nitrogens is 1. The molecule has 0 radical (unpaired) electrons. The number of rotatable bonds is 3. The lowest BCUT2D eigenvalue weighted by Crippen LogP contribution is -2.32. The second kappa shape index (κ2) is 7.76. The van der Waals surface area contributed by atoms with Crippen molar-refractivity contribution in [1.29, 1.82) is 0 Å². The smallest absolute Gasteiger partial charge is 0.317 e. The van der Waals surface area contributed by atoms with Crippen molar-refractivity contribution >= 4 is 46.2 Å². The predicted molar refractivity (Wildman–Crippen MR) is 102 cm³/mol. The number of carbonyl (C=O) groups excluding carboxylic acids is 2. The molecule has 0 atom stereocenters. The van der Waals surface area contributed by atoms with Crippen LogP contribution in [0.25, 0.3) is 10.9 Å². The first kappa shape index (κ1) is 17.6. The molecule has 0 aliphatic rings. The van der Waals surface area contributed by atoms with Crippen molar-refractivity contribution in [2.45, 2.75) is 6.92 Å². The molecule has 2 N–H and O–H groups in total. The Balaban J connectivity index is 1.66. The summed E-state index contributed by atoms with van der Waals surface area (Å²) in [6.45, 7) is 1.83. The third-order valence-electron chi connectivity index (χ3n) is 3.67. The fourth-order valence-electron chi connectivity index (χ4n) is 2.30. The van der Waals surface area contributed by atoms with E-state index in [9.17, 15) is 9.59 Å². The van der Waals surface area contributed by atoms with Crippen molar-refractivity contribution < 1.29 is 9.59 Å². The van der Waals surface area contributed by atoms with Crippen LogP contribution in [0.1, 0.15) is 11.1 Å². The van der Waals surface area contributed by atoms with Crippen LogP contribution in [-0.2, 0) is 9.59 Å². The maximum Gasteiger partial charge on any atom is 0.329 e. The maximum atomic E-state index is 11.9. The van der Waals surface area contributed by atoms with Crippen LogP contribution in [0.4, 0.5) is 5.69 Å². The summed E-state index contributed by atoms with van der Waals surface area (Å²) in [5, 5.41) is 7.46. The van der Waals surface area contributed by atoms with Crippen molar-refractivity contribution in [1.82, 2.24) is 10.4 Å². The van der Waals surface area contributed by atoms with Gasteiger partial charge in [0.2, 0.25) is 0 Å². The van der Waals surface area contributed by atoms with Gasteiger partial charge in [-0.15, -0.1) is 0 Å². The Hall–Kier alpha value is -3.25. The van der Waals surface area contributed by atoms with Gasteiger partial charge in [-0.05, 0) is 30.7 Å². The summed E-state index contributed by atoms with van der Waals surface area (Å²) in [6, 6.07) is 16.5. The van der Waals surface area contributed by atoms with Crippen LogP contribution in [0.15, 0.2) is 59.7 Å². The molecular formula is C19H15ClN4O2. The van der Waals surface area contributed by atoms with Gasteiger partial charge in [0.15, 0.2) is 0 Å². The molecular weight excluding hydrogens is 352 g/mol. The molecule has 0 aliphatic heterocycles. The van der Waals surface area contributed by atoms with Gasteiger partial charge in [-0.1, -0.05) is 48.0 Å². The van der Waals surface area contributed by atoms with Gasteiger partial charge >= 0.3 is 11.8 Å². The van der Waals surface area contributed by atoms with Crippen LogP contribution in [0.5, 0.6) is 0 Å².